The fourth-order valence-electron chi connectivity index (χ4n) is 2.70. The van der Waals surface area contributed by atoms with Crippen LogP contribution in [0.5, 0.6) is 0 Å². The predicted octanol–water partition coefficient (Wildman–Crippen LogP) is 4.48. The van der Waals surface area contributed by atoms with Crippen LogP contribution in [0.2, 0.25) is 0 Å². The Balaban J connectivity index is 0. The first-order chi connectivity index (χ1) is 13.6. The fourth-order valence-corrected chi connectivity index (χ4v) is 2.70. The molecule has 0 fully saturated rings. The van der Waals surface area contributed by atoms with Crippen LogP contribution in [0.1, 0.15) is 81.6 Å². The van der Waals surface area contributed by atoms with Crippen molar-refractivity contribution in [3.8, 4) is 0 Å². The Bertz CT molecular complexity index is 463. The fraction of sp³-hybridized carbons (Fsp3) is 0.875. The Morgan fingerprint density at radius 3 is 1.69 bits per heavy atom. The van der Waals surface area contributed by atoms with Gasteiger partial charge in [0.15, 0.2) is 0 Å². The minimum Gasteiger partial charge on any atom is -0.299 e. The van der Waals surface area contributed by atoms with E-state index in [1.807, 2.05) is 46.4 Å². The summed E-state index contributed by atoms with van der Waals surface area (Å²) < 4.78 is 0. The number of Topliss-reactive ketones (excluding diaryl/α,β-unsaturated/α-hetero) is 3. The van der Waals surface area contributed by atoms with E-state index in [1.165, 1.54) is 0 Å². The molecule has 0 rings (SSSR count). The van der Waals surface area contributed by atoms with Crippen molar-refractivity contribution in [1.29, 1.82) is 0 Å². The molecule has 0 aliphatic heterocycles. The van der Waals surface area contributed by atoms with Gasteiger partial charge < -0.3 is 0 Å². The zero-order valence-corrected chi connectivity index (χ0v) is 20.7. The van der Waals surface area contributed by atoms with Gasteiger partial charge in [0.05, 0.1) is 19.6 Å². The zero-order chi connectivity index (χ0) is 23.0. The predicted molar refractivity (Wildman–Crippen MR) is 123 cm³/mol. The number of ketones is 3. The summed E-state index contributed by atoms with van der Waals surface area (Å²) in [5.41, 5.74) is 0. The maximum Gasteiger partial charge on any atom is 0.149 e. The molecule has 0 amide bonds. The Morgan fingerprint density at radius 2 is 1.24 bits per heavy atom. The van der Waals surface area contributed by atoms with Crippen molar-refractivity contribution in [1.82, 2.24) is 9.80 Å². The van der Waals surface area contributed by atoms with E-state index in [4.69, 9.17) is 0 Å². The topological polar surface area (TPSA) is 57.7 Å². The molecule has 0 aliphatic carbocycles. The van der Waals surface area contributed by atoms with Crippen LogP contribution in [0.25, 0.3) is 0 Å². The molecular weight excluding hydrogens is 364 g/mol. The zero-order valence-electron chi connectivity index (χ0n) is 20.7. The lowest BCUT2D eigenvalue weighted by Crippen LogP contribution is -2.43. The summed E-state index contributed by atoms with van der Waals surface area (Å²) in [7, 11) is 0. The smallest absolute Gasteiger partial charge is 0.149 e. The molecule has 0 bridgehead atoms. The quantitative estimate of drug-likeness (QED) is 0.374. The van der Waals surface area contributed by atoms with Gasteiger partial charge in [-0.3, -0.25) is 24.2 Å². The van der Waals surface area contributed by atoms with Crippen LogP contribution < -0.4 is 0 Å². The highest BCUT2D eigenvalue weighted by Gasteiger charge is 2.19. The van der Waals surface area contributed by atoms with Gasteiger partial charge in [0.25, 0.3) is 0 Å². The van der Waals surface area contributed by atoms with Gasteiger partial charge in [-0.2, -0.15) is 0 Å². The van der Waals surface area contributed by atoms with Crippen LogP contribution in [-0.2, 0) is 14.4 Å². The van der Waals surface area contributed by atoms with E-state index in [-0.39, 0.29) is 29.2 Å². The lowest BCUT2D eigenvalue weighted by molar-refractivity contribution is -0.126. The van der Waals surface area contributed by atoms with Gasteiger partial charge in [-0.25, -0.2) is 0 Å². The van der Waals surface area contributed by atoms with Crippen molar-refractivity contribution >= 4 is 17.3 Å². The molecule has 172 valence electrons. The van der Waals surface area contributed by atoms with E-state index in [2.05, 4.69) is 18.7 Å². The summed E-state index contributed by atoms with van der Waals surface area (Å²) in [4.78, 5) is 40.3. The SMILES string of the molecule is CC.CCC(C)CCN(CCN(CC(C)=O)CC(=O)C(C)CC)CC(=O)C(C)C. The summed E-state index contributed by atoms with van der Waals surface area (Å²) in [5.74, 6) is 1.16. The molecule has 29 heavy (non-hydrogen) atoms. The largest absolute Gasteiger partial charge is 0.299 e. The van der Waals surface area contributed by atoms with Gasteiger partial charge in [-0.05, 0) is 32.2 Å². The maximum atomic E-state index is 12.3. The van der Waals surface area contributed by atoms with Crippen LogP contribution in [0, 0.1) is 17.8 Å². The van der Waals surface area contributed by atoms with Gasteiger partial charge in [0.2, 0.25) is 0 Å². The van der Waals surface area contributed by atoms with E-state index in [0.717, 1.165) is 25.8 Å². The van der Waals surface area contributed by atoms with Crippen molar-refractivity contribution < 1.29 is 14.4 Å². The molecule has 0 spiro atoms. The van der Waals surface area contributed by atoms with Crippen LogP contribution >= 0.6 is 0 Å². The molecule has 0 aromatic heterocycles. The lowest BCUT2D eigenvalue weighted by Gasteiger charge is -2.28. The average molecular weight is 413 g/mol. The second-order valence-corrected chi connectivity index (χ2v) is 8.39. The van der Waals surface area contributed by atoms with Gasteiger partial charge in [0.1, 0.15) is 17.3 Å². The molecule has 0 saturated heterocycles. The minimum atomic E-state index is 0.0171. The van der Waals surface area contributed by atoms with E-state index < -0.39 is 0 Å². The van der Waals surface area contributed by atoms with E-state index in [9.17, 15) is 14.4 Å². The molecule has 5 nitrogen and oxygen atoms in total. The van der Waals surface area contributed by atoms with Crippen LogP contribution in [0.3, 0.4) is 0 Å². The Kier molecular flexibility index (Phi) is 18.4. The van der Waals surface area contributed by atoms with E-state index in [0.29, 0.717) is 38.6 Å². The van der Waals surface area contributed by atoms with Crippen molar-refractivity contribution in [2.75, 3.05) is 39.3 Å². The summed E-state index contributed by atoms with van der Waals surface area (Å²) in [6.07, 6.45) is 3.00. The number of rotatable bonds is 16. The first-order valence-corrected chi connectivity index (χ1v) is 11.6. The average Bonchev–Trinajstić information content (AvgIpc) is 2.69. The molecule has 0 N–H and O–H groups in total. The van der Waals surface area contributed by atoms with Crippen LogP contribution in [0.4, 0.5) is 0 Å². The molecule has 2 unspecified atom stereocenters. The summed E-state index contributed by atoms with van der Waals surface area (Å²) in [5, 5.41) is 0. The molecule has 0 aliphatic rings. The highest BCUT2D eigenvalue weighted by Crippen LogP contribution is 2.09. The van der Waals surface area contributed by atoms with Gasteiger partial charge >= 0.3 is 0 Å². The van der Waals surface area contributed by atoms with Crippen LogP contribution in [-0.4, -0.2) is 66.4 Å². The van der Waals surface area contributed by atoms with Gasteiger partial charge in [-0.1, -0.05) is 61.8 Å². The maximum absolute atomic E-state index is 12.3. The molecule has 0 aromatic carbocycles. The number of nitrogens with zero attached hydrogens (tertiary/aromatic N) is 2. The standard InChI is InChI=1S/C22H42N2O3.C2H6/c1-8-18(5)10-11-23(15-21(26)17(3)4)12-13-24(14-20(7)25)16-22(27)19(6)9-2;1-2/h17-19H,8-16H2,1-7H3;1-2H3. The Labute approximate surface area is 180 Å². The monoisotopic (exact) mass is 412 g/mol. The number of hydrogen-bond donors (Lipinski definition) is 0. The number of carbonyl (C=O) groups excluding carboxylic acids is 3. The van der Waals surface area contributed by atoms with E-state index in [1.54, 1.807) is 6.92 Å². The van der Waals surface area contributed by atoms with Crippen molar-refractivity contribution in [3.63, 3.8) is 0 Å². The molecule has 0 heterocycles. The highest BCUT2D eigenvalue weighted by atomic mass is 16.1. The first-order valence-electron chi connectivity index (χ1n) is 11.6. The van der Waals surface area contributed by atoms with Gasteiger partial charge in [0, 0.05) is 24.9 Å². The highest BCUT2D eigenvalue weighted by molar-refractivity contribution is 5.84. The second kappa shape index (κ2) is 17.8. The molecular formula is C24H48N2O3. The third-order valence-corrected chi connectivity index (χ3v) is 5.38. The van der Waals surface area contributed by atoms with Crippen molar-refractivity contribution in [3.05, 3.63) is 0 Å². The van der Waals surface area contributed by atoms with E-state index >= 15 is 0 Å². The summed E-state index contributed by atoms with van der Waals surface area (Å²) in [6.45, 7) is 21.0. The summed E-state index contributed by atoms with van der Waals surface area (Å²) >= 11 is 0. The first kappa shape index (κ1) is 30.1. The normalized spacial score (nSPS) is 13.2. The van der Waals surface area contributed by atoms with Crippen LogP contribution in [0.15, 0.2) is 0 Å². The molecule has 5 heteroatoms. The number of hydrogen-bond acceptors (Lipinski definition) is 5. The Hall–Kier alpha value is -1.07. The van der Waals surface area contributed by atoms with Gasteiger partial charge in [-0.15, -0.1) is 0 Å². The van der Waals surface area contributed by atoms with Crippen molar-refractivity contribution in [2.24, 2.45) is 17.8 Å². The Morgan fingerprint density at radius 1 is 0.724 bits per heavy atom. The molecule has 2 atom stereocenters. The number of carbonyl (C=O) groups is 3. The molecule has 0 radical (unpaired) electrons. The third kappa shape index (κ3) is 15.4. The third-order valence-electron chi connectivity index (χ3n) is 5.38. The lowest BCUT2D eigenvalue weighted by atomic mass is 10.0. The molecule has 0 aromatic rings. The summed E-state index contributed by atoms with van der Waals surface area (Å²) in [6, 6.07) is 0. The minimum absolute atomic E-state index is 0.0171. The second-order valence-electron chi connectivity index (χ2n) is 8.39. The molecule has 0 saturated carbocycles. The van der Waals surface area contributed by atoms with Crippen molar-refractivity contribution in [2.45, 2.75) is 81.6 Å².